The Kier molecular flexibility index (Phi) is 3.11. The zero-order valence-corrected chi connectivity index (χ0v) is 10.2. The first kappa shape index (κ1) is 12.6. The largest absolute Gasteiger partial charge is 0.478 e. The van der Waals surface area contributed by atoms with E-state index in [2.05, 4.69) is 4.98 Å². The van der Waals surface area contributed by atoms with Crippen molar-refractivity contribution in [3.63, 3.8) is 0 Å². The van der Waals surface area contributed by atoms with Crippen LogP contribution in [0.2, 0.25) is 10.0 Å². The van der Waals surface area contributed by atoms with Crippen LogP contribution in [-0.2, 0) is 0 Å². The van der Waals surface area contributed by atoms with E-state index in [-0.39, 0.29) is 20.9 Å². The SMILES string of the molecule is O=C(O)c1nc2cccc(Cl)c2c(Cl)c1C(=O)O. The lowest BCUT2D eigenvalue weighted by molar-refractivity contribution is 0.0647. The number of hydrogen-bond donors (Lipinski definition) is 2. The Labute approximate surface area is 111 Å². The molecule has 1 heterocycles. The van der Waals surface area contributed by atoms with E-state index in [1.165, 1.54) is 12.1 Å². The molecular weight excluding hydrogens is 281 g/mol. The quantitative estimate of drug-likeness (QED) is 0.886. The molecule has 2 aromatic rings. The van der Waals surface area contributed by atoms with Crippen molar-refractivity contribution < 1.29 is 19.8 Å². The van der Waals surface area contributed by atoms with E-state index >= 15 is 0 Å². The van der Waals surface area contributed by atoms with Gasteiger partial charge < -0.3 is 10.2 Å². The Bertz CT molecular complexity index is 684. The molecule has 0 atom stereocenters. The molecule has 2 rings (SSSR count). The molecule has 0 spiro atoms. The third kappa shape index (κ3) is 1.87. The van der Waals surface area contributed by atoms with E-state index in [0.29, 0.717) is 0 Å². The Balaban J connectivity index is 3.00. The number of carboxylic acids is 2. The van der Waals surface area contributed by atoms with Gasteiger partial charge in [-0.2, -0.15) is 0 Å². The van der Waals surface area contributed by atoms with Gasteiger partial charge in [0.15, 0.2) is 5.69 Å². The summed E-state index contributed by atoms with van der Waals surface area (Å²) < 4.78 is 0. The summed E-state index contributed by atoms with van der Waals surface area (Å²) in [6.45, 7) is 0. The van der Waals surface area contributed by atoms with E-state index in [1.54, 1.807) is 6.07 Å². The molecule has 2 N–H and O–H groups in total. The molecule has 0 aliphatic heterocycles. The second-order valence-electron chi connectivity index (χ2n) is 3.39. The first-order chi connectivity index (χ1) is 8.43. The number of rotatable bonds is 2. The van der Waals surface area contributed by atoms with Gasteiger partial charge in [0.25, 0.3) is 0 Å². The van der Waals surface area contributed by atoms with Crippen molar-refractivity contribution in [2.75, 3.05) is 0 Å². The minimum atomic E-state index is -1.47. The zero-order valence-electron chi connectivity index (χ0n) is 8.65. The van der Waals surface area contributed by atoms with Crippen LogP contribution in [0.15, 0.2) is 18.2 Å². The average molecular weight is 286 g/mol. The van der Waals surface area contributed by atoms with Crippen molar-refractivity contribution >= 4 is 46.0 Å². The van der Waals surface area contributed by atoms with Crippen LogP contribution in [-0.4, -0.2) is 27.1 Å². The van der Waals surface area contributed by atoms with Crippen LogP contribution in [0.1, 0.15) is 20.8 Å². The summed E-state index contributed by atoms with van der Waals surface area (Å²) in [6.07, 6.45) is 0. The Morgan fingerprint density at radius 3 is 2.33 bits per heavy atom. The fourth-order valence-electron chi connectivity index (χ4n) is 1.58. The van der Waals surface area contributed by atoms with Crippen molar-refractivity contribution in [3.8, 4) is 0 Å². The summed E-state index contributed by atoms with van der Waals surface area (Å²) in [5.74, 6) is -2.93. The van der Waals surface area contributed by atoms with Crippen molar-refractivity contribution in [1.29, 1.82) is 0 Å². The van der Waals surface area contributed by atoms with Gasteiger partial charge >= 0.3 is 11.9 Å². The molecule has 7 heteroatoms. The molecule has 0 saturated heterocycles. The Morgan fingerprint density at radius 1 is 1.11 bits per heavy atom. The highest BCUT2D eigenvalue weighted by Crippen LogP contribution is 2.33. The molecule has 0 fully saturated rings. The molecule has 0 aliphatic carbocycles. The van der Waals surface area contributed by atoms with Crippen LogP contribution in [0.3, 0.4) is 0 Å². The second-order valence-corrected chi connectivity index (χ2v) is 4.18. The van der Waals surface area contributed by atoms with E-state index in [4.69, 9.17) is 33.4 Å². The lowest BCUT2D eigenvalue weighted by Crippen LogP contribution is -2.12. The van der Waals surface area contributed by atoms with Crippen LogP contribution in [0.4, 0.5) is 0 Å². The third-order valence-corrected chi connectivity index (χ3v) is 3.01. The molecule has 0 unspecified atom stereocenters. The molecule has 0 aliphatic rings. The number of hydrogen-bond acceptors (Lipinski definition) is 3. The van der Waals surface area contributed by atoms with E-state index in [1.807, 2.05) is 0 Å². The third-order valence-electron chi connectivity index (χ3n) is 2.32. The van der Waals surface area contributed by atoms with Gasteiger partial charge in [-0.3, -0.25) is 0 Å². The average Bonchev–Trinajstić information content (AvgIpc) is 2.27. The van der Waals surface area contributed by atoms with Gasteiger partial charge in [-0.05, 0) is 12.1 Å². The van der Waals surface area contributed by atoms with Crippen molar-refractivity contribution in [2.45, 2.75) is 0 Å². The fraction of sp³-hybridized carbons (Fsp3) is 0. The summed E-state index contributed by atoms with van der Waals surface area (Å²) >= 11 is 11.8. The van der Waals surface area contributed by atoms with Crippen LogP contribution in [0.25, 0.3) is 10.9 Å². The van der Waals surface area contributed by atoms with E-state index in [0.717, 1.165) is 0 Å². The predicted octanol–water partition coefficient (Wildman–Crippen LogP) is 2.94. The minimum absolute atomic E-state index is 0.212. The highest BCUT2D eigenvalue weighted by molar-refractivity contribution is 6.44. The highest BCUT2D eigenvalue weighted by Gasteiger charge is 2.24. The summed E-state index contributed by atoms with van der Waals surface area (Å²) in [5, 5.41) is 18.2. The number of carboxylic acid groups (broad SMARTS) is 2. The van der Waals surface area contributed by atoms with Gasteiger partial charge in [-0.25, -0.2) is 14.6 Å². The van der Waals surface area contributed by atoms with E-state index in [9.17, 15) is 9.59 Å². The van der Waals surface area contributed by atoms with E-state index < -0.39 is 23.2 Å². The molecule has 5 nitrogen and oxygen atoms in total. The summed E-state index contributed by atoms with van der Waals surface area (Å²) in [7, 11) is 0. The van der Waals surface area contributed by atoms with Crippen LogP contribution in [0, 0.1) is 0 Å². The number of pyridine rings is 1. The monoisotopic (exact) mass is 285 g/mol. The zero-order chi connectivity index (χ0) is 13.4. The smallest absolute Gasteiger partial charge is 0.355 e. The number of aromatic carboxylic acids is 2. The molecule has 18 heavy (non-hydrogen) atoms. The molecule has 1 aromatic heterocycles. The number of nitrogens with zero attached hydrogens (tertiary/aromatic N) is 1. The lowest BCUT2D eigenvalue weighted by atomic mass is 10.1. The predicted molar refractivity (Wildman–Crippen MR) is 65.7 cm³/mol. The van der Waals surface area contributed by atoms with Crippen LogP contribution >= 0.6 is 23.2 Å². The van der Waals surface area contributed by atoms with Crippen molar-refractivity contribution in [2.24, 2.45) is 0 Å². The van der Waals surface area contributed by atoms with Crippen LogP contribution < -0.4 is 0 Å². The van der Waals surface area contributed by atoms with Gasteiger partial charge in [0, 0.05) is 5.39 Å². The van der Waals surface area contributed by atoms with Gasteiger partial charge in [-0.15, -0.1) is 0 Å². The molecule has 0 radical (unpaired) electrons. The summed E-state index contributed by atoms with van der Waals surface area (Å²) in [5.41, 5.74) is -0.943. The number of halogens is 2. The lowest BCUT2D eigenvalue weighted by Gasteiger charge is -2.08. The highest BCUT2D eigenvalue weighted by atomic mass is 35.5. The number of carbonyl (C=O) groups is 2. The van der Waals surface area contributed by atoms with Crippen LogP contribution in [0.5, 0.6) is 0 Å². The van der Waals surface area contributed by atoms with Crippen molar-refractivity contribution in [3.05, 3.63) is 39.5 Å². The summed E-state index contributed by atoms with van der Waals surface area (Å²) in [4.78, 5) is 25.8. The maximum Gasteiger partial charge on any atom is 0.355 e. The number of benzene rings is 1. The number of fused-ring (bicyclic) bond motifs is 1. The molecular formula is C11H5Cl2NO4. The Hall–Kier alpha value is -1.85. The minimum Gasteiger partial charge on any atom is -0.478 e. The van der Waals surface area contributed by atoms with Gasteiger partial charge in [-0.1, -0.05) is 29.3 Å². The molecule has 92 valence electrons. The topological polar surface area (TPSA) is 87.5 Å². The summed E-state index contributed by atoms with van der Waals surface area (Å²) in [6, 6.07) is 4.59. The van der Waals surface area contributed by atoms with Crippen molar-refractivity contribution in [1.82, 2.24) is 4.98 Å². The standard InChI is InChI=1S/C11H5Cl2NO4/c12-4-2-1-3-5-6(4)8(13)7(10(15)16)9(14-5)11(17)18/h1-3H,(H,15,16)(H,17,18). The first-order valence-electron chi connectivity index (χ1n) is 4.67. The maximum atomic E-state index is 11.1. The number of aromatic nitrogens is 1. The first-order valence-corrected chi connectivity index (χ1v) is 5.43. The molecule has 0 saturated carbocycles. The second kappa shape index (κ2) is 4.44. The molecule has 0 amide bonds. The normalized spacial score (nSPS) is 10.6. The fourth-order valence-corrected chi connectivity index (χ4v) is 2.26. The molecule has 0 bridgehead atoms. The van der Waals surface area contributed by atoms with Gasteiger partial charge in [0.05, 0.1) is 15.6 Å². The Morgan fingerprint density at radius 2 is 1.78 bits per heavy atom. The van der Waals surface area contributed by atoms with Gasteiger partial charge in [0.2, 0.25) is 0 Å². The van der Waals surface area contributed by atoms with Gasteiger partial charge in [0.1, 0.15) is 5.56 Å². The maximum absolute atomic E-state index is 11.1. The molecule has 1 aromatic carbocycles.